The van der Waals surface area contributed by atoms with E-state index in [0.29, 0.717) is 18.0 Å². The summed E-state index contributed by atoms with van der Waals surface area (Å²) in [7, 11) is 4.93. The molecule has 0 aliphatic heterocycles. The highest BCUT2D eigenvalue weighted by molar-refractivity contribution is 5.91. The maximum atomic E-state index is 12.4. The minimum Gasteiger partial charge on any atom is -0.497 e. The zero-order valence-electron chi connectivity index (χ0n) is 15.0. The number of hydrogen-bond acceptors (Lipinski definition) is 4. The third kappa shape index (κ3) is 4.03. The second kappa shape index (κ2) is 7.74. The lowest BCUT2D eigenvalue weighted by Gasteiger charge is -2.13. The van der Waals surface area contributed by atoms with Gasteiger partial charge in [0.2, 0.25) is 5.91 Å². The fraction of sp³-hybridized carbons (Fsp3) is 0.200. The number of aromatic nitrogens is 2. The number of nitrogens with zero attached hydrogens (tertiary/aromatic N) is 2. The number of rotatable bonds is 6. The highest BCUT2D eigenvalue weighted by atomic mass is 16.5. The number of likely N-dealkylation sites (N-methyl/N-ethyl adjacent to an activating group) is 1. The Bertz CT molecular complexity index is 891. The van der Waals surface area contributed by atoms with Crippen molar-refractivity contribution in [2.24, 2.45) is 0 Å². The zero-order chi connectivity index (χ0) is 18.5. The number of para-hydroxylation sites is 2. The van der Waals surface area contributed by atoms with Crippen LogP contribution in [0.2, 0.25) is 0 Å². The van der Waals surface area contributed by atoms with Crippen molar-refractivity contribution in [3.8, 4) is 11.5 Å². The number of fused-ring (bicyclic) bond motifs is 1. The fourth-order valence-corrected chi connectivity index (χ4v) is 2.60. The molecule has 0 spiro atoms. The molecular weight excluding hydrogens is 330 g/mol. The van der Waals surface area contributed by atoms with Gasteiger partial charge in [0, 0.05) is 19.2 Å². The standard InChI is InChI=1S/C20H21N3O3/c1-23(13-19-21-17-6-4-5-7-18(17)22-19)20(24)9-8-14-10-15(25-2)12-16(11-14)26-3/h4-12H,13H2,1-3H3,(H,21,22)/b9-8+. The molecule has 3 rings (SSSR count). The van der Waals surface area contributed by atoms with Crippen LogP contribution < -0.4 is 9.47 Å². The number of nitrogens with one attached hydrogen (secondary N) is 1. The lowest BCUT2D eigenvalue weighted by molar-refractivity contribution is -0.125. The number of benzene rings is 2. The van der Waals surface area contributed by atoms with Crippen LogP contribution in [-0.4, -0.2) is 42.0 Å². The van der Waals surface area contributed by atoms with Gasteiger partial charge in [-0.05, 0) is 35.9 Å². The summed E-state index contributed by atoms with van der Waals surface area (Å²) in [6.07, 6.45) is 3.26. The predicted molar refractivity (Wildman–Crippen MR) is 101 cm³/mol. The van der Waals surface area contributed by atoms with Crippen LogP contribution in [0.5, 0.6) is 11.5 Å². The van der Waals surface area contributed by atoms with E-state index in [4.69, 9.17) is 9.47 Å². The lowest BCUT2D eigenvalue weighted by Crippen LogP contribution is -2.24. The van der Waals surface area contributed by atoms with Crippen molar-refractivity contribution >= 4 is 23.0 Å². The topological polar surface area (TPSA) is 67.5 Å². The molecule has 0 bridgehead atoms. The summed E-state index contributed by atoms with van der Waals surface area (Å²) in [4.78, 5) is 21.7. The van der Waals surface area contributed by atoms with E-state index < -0.39 is 0 Å². The van der Waals surface area contributed by atoms with Crippen LogP contribution in [0.3, 0.4) is 0 Å². The van der Waals surface area contributed by atoms with Gasteiger partial charge in [-0.1, -0.05) is 12.1 Å². The summed E-state index contributed by atoms with van der Waals surface area (Å²) < 4.78 is 10.5. The van der Waals surface area contributed by atoms with Gasteiger partial charge in [0.05, 0.1) is 31.8 Å². The smallest absolute Gasteiger partial charge is 0.246 e. The highest BCUT2D eigenvalue weighted by Crippen LogP contribution is 2.23. The minimum atomic E-state index is -0.118. The summed E-state index contributed by atoms with van der Waals surface area (Å²) in [5.74, 6) is 1.98. The molecule has 0 saturated heterocycles. The molecule has 6 heteroatoms. The molecule has 1 N–H and O–H groups in total. The molecule has 1 heterocycles. The van der Waals surface area contributed by atoms with Crippen LogP contribution in [0.15, 0.2) is 48.5 Å². The van der Waals surface area contributed by atoms with E-state index >= 15 is 0 Å². The number of hydrogen-bond donors (Lipinski definition) is 1. The van der Waals surface area contributed by atoms with Gasteiger partial charge < -0.3 is 19.4 Å². The molecule has 1 amide bonds. The van der Waals surface area contributed by atoms with Crippen molar-refractivity contribution in [2.45, 2.75) is 6.54 Å². The Morgan fingerprint density at radius 2 is 1.85 bits per heavy atom. The number of methoxy groups -OCH3 is 2. The Kier molecular flexibility index (Phi) is 5.22. The number of carbonyl (C=O) groups is 1. The van der Waals surface area contributed by atoms with Gasteiger partial charge in [-0.25, -0.2) is 4.98 Å². The van der Waals surface area contributed by atoms with Crippen LogP contribution in [0.1, 0.15) is 11.4 Å². The molecule has 0 atom stereocenters. The minimum absolute atomic E-state index is 0.118. The average molecular weight is 351 g/mol. The van der Waals surface area contributed by atoms with E-state index in [0.717, 1.165) is 22.4 Å². The fourth-order valence-electron chi connectivity index (χ4n) is 2.60. The van der Waals surface area contributed by atoms with Crippen molar-refractivity contribution in [1.29, 1.82) is 0 Å². The number of ether oxygens (including phenoxy) is 2. The molecule has 3 aromatic rings. The van der Waals surface area contributed by atoms with Crippen LogP contribution >= 0.6 is 0 Å². The first-order valence-corrected chi connectivity index (χ1v) is 8.19. The van der Waals surface area contributed by atoms with Gasteiger partial charge in [0.25, 0.3) is 0 Å². The molecule has 0 aliphatic carbocycles. The first-order valence-electron chi connectivity index (χ1n) is 8.19. The third-order valence-electron chi connectivity index (χ3n) is 3.99. The van der Waals surface area contributed by atoms with E-state index in [2.05, 4.69) is 9.97 Å². The van der Waals surface area contributed by atoms with Gasteiger partial charge in [0.1, 0.15) is 17.3 Å². The average Bonchev–Trinajstić information content (AvgIpc) is 3.07. The number of carbonyl (C=O) groups excluding carboxylic acids is 1. The summed E-state index contributed by atoms with van der Waals surface area (Å²) in [6.45, 7) is 0.402. The molecule has 2 aromatic carbocycles. The van der Waals surface area contributed by atoms with Crippen LogP contribution in [0, 0.1) is 0 Å². The van der Waals surface area contributed by atoms with Gasteiger partial charge in [-0.15, -0.1) is 0 Å². The van der Waals surface area contributed by atoms with Gasteiger partial charge in [-0.3, -0.25) is 4.79 Å². The molecule has 26 heavy (non-hydrogen) atoms. The van der Waals surface area contributed by atoms with Crippen LogP contribution in [-0.2, 0) is 11.3 Å². The molecule has 0 fully saturated rings. The summed E-state index contributed by atoms with van der Waals surface area (Å²) >= 11 is 0. The third-order valence-corrected chi connectivity index (χ3v) is 3.99. The van der Waals surface area contributed by atoms with E-state index in [9.17, 15) is 4.79 Å². The van der Waals surface area contributed by atoms with Crippen molar-refractivity contribution in [3.05, 3.63) is 59.9 Å². The number of H-pyrrole nitrogens is 1. The lowest BCUT2D eigenvalue weighted by atomic mass is 10.2. The first kappa shape index (κ1) is 17.5. The van der Waals surface area contributed by atoms with E-state index in [1.54, 1.807) is 38.3 Å². The molecule has 0 unspecified atom stereocenters. The van der Waals surface area contributed by atoms with Crippen molar-refractivity contribution in [3.63, 3.8) is 0 Å². The van der Waals surface area contributed by atoms with E-state index in [1.807, 2.05) is 36.4 Å². The van der Waals surface area contributed by atoms with Crippen LogP contribution in [0.4, 0.5) is 0 Å². The first-order chi connectivity index (χ1) is 12.6. The Hall–Kier alpha value is -3.28. The molecule has 1 aromatic heterocycles. The summed E-state index contributed by atoms with van der Waals surface area (Å²) in [5, 5.41) is 0. The number of imidazole rings is 1. The van der Waals surface area contributed by atoms with E-state index in [-0.39, 0.29) is 5.91 Å². The van der Waals surface area contributed by atoms with Crippen LogP contribution in [0.25, 0.3) is 17.1 Å². The quantitative estimate of drug-likeness (QED) is 0.692. The number of aromatic amines is 1. The maximum absolute atomic E-state index is 12.4. The Morgan fingerprint density at radius 1 is 1.15 bits per heavy atom. The van der Waals surface area contributed by atoms with Crippen molar-refractivity contribution in [2.75, 3.05) is 21.3 Å². The number of amides is 1. The van der Waals surface area contributed by atoms with Gasteiger partial charge in [0.15, 0.2) is 0 Å². The Balaban J connectivity index is 1.69. The second-order valence-electron chi connectivity index (χ2n) is 5.87. The molecule has 0 radical (unpaired) electrons. The van der Waals surface area contributed by atoms with Gasteiger partial charge in [-0.2, -0.15) is 0 Å². The van der Waals surface area contributed by atoms with Gasteiger partial charge >= 0.3 is 0 Å². The second-order valence-corrected chi connectivity index (χ2v) is 5.87. The normalized spacial score (nSPS) is 11.0. The van der Waals surface area contributed by atoms with E-state index in [1.165, 1.54) is 6.08 Å². The van der Waals surface area contributed by atoms with Crippen molar-refractivity contribution < 1.29 is 14.3 Å². The molecule has 0 saturated carbocycles. The highest BCUT2D eigenvalue weighted by Gasteiger charge is 2.09. The molecule has 6 nitrogen and oxygen atoms in total. The summed E-state index contributed by atoms with van der Waals surface area (Å²) in [6, 6.07) is 13.2. The SMILES string of the molecule is COc1cc(/C=C/C(=O)N(C)Cc2nc3ccccc3[nH]2)cc(OC)c1. The monoisotopic (exact) mass is 351 g/mol. The molecular formula is C20H21N3O3. The Morgan fingerprint density at radius 3 is 2.50 bits per heavy atom. The molecule has 0 aliphatic rings. The Labute approximate surface area is 152 Å². The summed E-state index contributed by atoms with van der Waals surface area (Å²) in [5.41, 5.74) is 2.68. The zero-order valence-corrected chi connectivity index (χ0v) is 15.0. The molecule has 134 valence electrons. The maximum Gasteiger partial charge on any atom is 0.246 e. The largest absolute Gasteiger partial charge is 0.497 e. The van der Waals surface area contributed by atoms with Crippen molar-refractivity contribution in [1.82, 2.24) is 14.9 Å². The predicted octanol–water partition coefficient (Wildman–Crippen LogP) is 3.25.